The molecule has 0 spiro atoms. The van der Waals surface area contributed by atoms with Crippen LogP contribution in [-0.4, -0.2) is 31.1 Å². The van der Waals surface area contributed by atoms with Gasteiger partial charge in [-0.25, -0.2) is 9.59 Å². The molecule has 22 heavy (non-hydrogen) atoms. The van der Waals surface area contributed by atoms with Crippen LogP contribution in [0.15, 0.2) is 18.2 Å². The van der Waals surface area contributed by atoms with Crippen molar-refractivity contribution in [2.24, 2.45) is 5.73 Å². The molecule has 0 saturated heterocycles. The van der Waals surface area contributed by atoms with Crippen molar-refractivity contribution in [2.75, 3.05) is 18.5 Å². The molecule has 5 amide bonds. The fourth-order valence-corrected chi connectivity index (χ4v) is 2.11. The summed E-state index contributed by atoms with van der Waals surface area (Å²) in [4.78, 5) is 33.3. The number of rotatable bonds is 4. The Kier molecular flexibility index (Phi) is 5.31. The number of hydrogen-bond acceptors (Lipinski definition) is 4. The third kappa shape index (κ3) is 4.74. The first kappa shape index (κ1) is 15.8. The van der Waals surface area contributed by atoms with Crippen LogP contribution in [0.5, 0.6) is 0 Å². The lowest BCUT2D eigenvalue weighted by Gasteiger charge is -2.17. The predicted molar refractivity (Wildman–Crippen MR) is 79.2 cm³/mol. The lowest BCUT2D eigenvalue weighted by molar-refractivity contribution is -0.119. The zero-order valence-corrected chi connectivity index (χ0v) is 12.0. The smallest absolute Gasteiger partial charge is 0.319 e. The Balaban J connectivity index is 1.77. The van der Waals surface area contributed by atoms with Crippen LogP contribution >= 0.6 is 0 Å². The summed E-state index contributed by atoms with van der Waals surface area (Å²) in [5.41, 5.74) is 7.77. The summed E-state index contributed by atoms with van der Waals surface area (Å²) in [7, 11) is 0. The third-order valence-corrected chi connectivity index (χ3v) is 3.14. The Hall–Kier alpha value is -2.61. The Morgan fingerprint density at radius 1 is 1.23 bits per heavy atom. The quantitative estimate of drug-likeness (QED) is 0.645. The number of primary amides is 1. The van der Waals surface area contributed by atoms with Crippen LogP contribution in [0.3, 0.4) is 0 Å². The molecule has 5 N–H and O–H groups in total. The van der Waals surface area contributed by atoms with E-state index < -0.39 is 18.0 Å². The molecule has 0 bridgehead atoms. The van der Waals surface area contributed by atoms with Gasteiger partial charge < -0.3 is 21.1 Å². The fourth-order valence-electron chi connectivity index (χ4n) is 2.11. The Bertz CT molecular complexity index is 588. The van der Waals surface area contributed by atoms with Crippen LogP contribution in [0, 0.1) is 0 Å². The molecule has 8 heteroatoms. The van der Waals surface area contributed by atoms with Crippen molar-refractivity contribution in [1.82, 2.24) is 10.6 Å². The van der Waals surface area contributed by atoms with Gasteiger partial charge in [0.15, 0.2) is 0 Å². The minimum absolute atomic E-state index is 0.0299. The lowest BCUT2D eigenvalue weighted by Crippen LogP contribution is -2.38. The number of carbonyl (C=O) groups is 3. The number of hydrogen-bond donors (Lipinski definition) is 4. The van der Waals surface area contributed by atoms with Crippen LogP contribution in [0.25, 0.3) is 0 Å². The van der Waals surface area contributed by atoms with Crippen molar-refractivity contribution in [1.29, 1.82) is 0 Å². The highest BCUT2D eigenvalue weighted by molar-refractivity contribution is 5.94. The molecule has 1 aliphatic heterocycles. The minimum atomic E-state index is -0.910. The highest BCUT2D eigenvalue weighted by Crippen LogP contribution is 2.20. The maximum absolute atomic E-state index is 11.7. The number of nitrogens with two attached hydrogens (primary N) is 1. The van der Waals surface area contributed by atoms with Gasteiger partial charge >= 0.3 is 12.1 Å². The van der Waals surface area contributed by atoms with Crippen molar-refractivity contribution < 1.29 is 19.1 Å². The van der Waals surface area contributed by atoms with E-state index in [2.05, 4.69) is 10.6 Å². The molecule has 0 fully saturated rings. The van der Waals surface area contributed by atoms with Crippen molar-refractivity contribution >= 4 is 23.7 Å². The Morgan fingerprint density at radius 2 is 2.05 bits per heavy atom. The third-order valence-electron chi connectivity index (χ3n) is 3.14. The molecule has 1 aromatic carbocycles. The van der Waals surface area contributed by atoms with E-state index >= 15 is 0 Å². The molecule has 0 aromatic heterocycles. The van der Waals surface area contributed by atoms with Crippen LogP contribution in [0.2, 0.25) is 0 Å². The number of ether oxygens (including phenoxy) is 1. The molecular weight excluding hydrogens is 288 g/mol. The van der Waals surface area contributed by atoms with Crippen molar-refractivity contribution in [3.8, 4) is 0 Å². The molecule has 0 atom stereocenters. The number of benzene rings is 1. The van der Waals surface area contributed by atoms with Crippen LogP contribution in [0.4, 0.5) is 15.3 Å². The molecule has 1 aromatic rings. The SMILES string of the molecule is NC(=O)NC(=O)CCNC(=O)Nc1ccc2c(c1)CCOC2. The van der Waals surface area contributed by atoms with Gasteiger partial charge in [0.05, 0.1) is 13.2 Å². The van der Waals surface area contributed by atoms with Gasteiger partial charge in [0.25, 0.3) is 0 Å². The first-order valence-electron chi connectivity index (χ1n) is 6.88. The summed E-state index contributed by atoms with van der Waals surface area (Å²) >= 11 is 0. The van der Waals surface area contributed by atoms with Crippen molar-refractivity contribution in [2.45, 2.75) is 19.4 Å². The van der Waals surface area contributed by atoms with Gasteiger partial charge in [0, 0.05) is 18.7 Å². The van der Waals surface area contributed by atoms with Gasteiger partial charge in [-0.1, -0.05) is 6.07 Å². The second-order valence-electron chi connectivity index (χ2n) is 4.83. The Morgan fingerprint density at radius 3 is 2.82 bits per heavy atom. The van der Waals surface area contributed by atoms with E-state index in [0.717, 1.165) is 17.5 Å². The summed E-state index contributed by atoms with van der Waals surface area (Å²) < 4.78 is 5.35. The van der Waals surface area contributed by atoms with Gasteiger partial charge in [0.1, 0.15) is 0 Å². The minimum Gasteiger partial charge on any atom is -0.376 e. The number of carbonyl (C=O) groups excluding carboxylic acids is 3. The highest BCUT2D eigenvalue weighted by Gasteiger charge is 2.11. The average Bonchev–Trinajstić information content (AvgIpc) is 2.46. The molecule has 118 valence electrons. The van der Waals surface area contributed by atoms with Gasteiger partial charge in [-0.15, -0.1) is 0 Å². The summed E-state index contributed by atoms with van der Waals surface area (Å²) in [6.07, 6.45) is 0.789. The maximum Gasteiger partial charge on any atom is 0.319 e. The predicted octanol–water partition coefficient (Wildman–Crippen LogP) is 0.466. The molecule has 1 aliphatic rings. The second kappa shape index (κ2) is 7.41. The van der Waals surface area contributed by atoms with Crippen molar-refractivity contribution in [3.63, 3.8) is 0 Å². The number of amides is 5. The molecule has 0 radical (unpaired) electrons. The summed E-state index contributed by atoms with van der Waals surface area (Å²) in [5, 5.41) is 7.14. The van der Waals surface area contributed by atoms with Crippen molar-refractivity contribution in [3.05, 3.63) is 29.3 Å². The average molecular weight is 306 g/mol. The van der Waals surface area contributed by atoms with E-state index in [9.17, 15) is 14.4 Å². The first-order chi connectivity index (χ1) is 10.5. The van der Waals surface area contributed by atoms with E-state index in [4.69, 9.17) is 10.5 Å². The van der Waals surface area contributed by atoms with E-state index in [1.54, 1.807) is 6.07 Å². The van der Waals surface area contributed by atoms with Gasteiger partial charge in [-0.05, 0) is 29.7 Å². The Labute approximate surface area is 127 Å². The number of urea groups is 2. The molecule has 0 unspecified atom stereocenters. The fraction of sp³-hybridized carbons (Fsp3) is 0.357. The first-order valence-corrected chi connectivity index (χ1v) is 6.88. The van der Waals surface area contributed by atoms with E-state index in [1.807, 2.05) is 17.4 Å². The number of anilines is 1. The molecule has 0 aliphatic carbocycles. The normalized spacial score (nSPS) is 12.9. The number of imide groups is 1. The van der Waals surface area contributed by atoms with E-state index in [0.29, 0.717) is 18.9 Å². The van der Waals surface area contributed by atoms with Gasteiger partial charge in [-0.3, -0.25) is 10.1 Å². The monoisotopic (exact) mass is 306 g/mol. The zero-order chi connectivity index (χ0) is 15.9. The topological polar surface area (TPSA) is 123 Å². The zero-order valence-electron chi connectivity index (χ0n) is 12.0. The van der Waals surface area contributed by atoms with E-state index in [1.165, 1.54) is 0 Å². The highest BCUT2D eigenvalue weighted by atomic mass is 16.5. The number of nitrogens with one attached hydrogen (secondary N) is 3. The van der Waals surface area contributed by atoms with Gasteiger partial charge in [-0.2, -0.15) is 0 Å². The van der Waals surface area contributed by atoms with E-state index in [-0.39, 0.29) is 13.0 Å². The van der Waals surface area contributed by atoms with Gasteiger partial charge in [0.2, 0.25) is 5.91 Å². The summed E-state index contributed by atoms with van der Waals surface area (Å²) in [6, 6.07) is 4.31. The van der Waals surface area contributed by atoms with Crippen LogP contribution < -0.4 is 21.7 Å². The maximum atomic E-state index is 11.7. The molecule has 1 heterocycles. The number of fused-ring (bicyclic) bond motifs is 1. The van der Waals surface area contributed by atoms with Crippen LogP contribution in [0.1, 0.15) is 17.5 Å². The molecule has 2 rings (SSSR count). The summed E-state index contributed by atoms with van der Waals surface area (Å²) in [6.45, 7) is 1.37. The molecule has 0 saturated carbocycles. The largest absolute Gasteiger partial charge is 0.376 e. The standard InChI is InChI=1S/C14H18N4O4/c15-13(20)18-12(19)3-5-16-14(21)17-11-2-1-10-8-22-6-4-9(10)7-11/h1-2,7H,3-6,8H2,(H2,16,17,21)(H3,15,18,19,20). The second-order valence-corrected chi connectivity index (χ2v) is 4.83. The molecular formula is C14H18N4O4. The molecule has 8 nitrogen and oxygen atoms in total. The summed E-state index contributed by atoms with van der Waals surface area (Å²) in [5.74, 6) is -0.540. The van der Waals surface area contributed by atoms with Crippen LogP contribution in [-0.2, 0) is 22.6 Å². The lowest BCUT2D eigenvalue weighted by atomic mass is 10.0.